The number of pyridine rings is 1. The number of β-amino-alcohol motifs (C(OH)–C–C–N with tert-alkyl or cyclic N) is 1. The van der Waals surface area contributed by atoms with E-state index in [1.165, 1.54) is 17.5 Å². The minimum absolute atomic E-state index is 0. The first-order valence-corrected chi connectivity index (χ1v) is 11.4. The summed E-state index contributed by atoms with van der Waals surface area (Å²) in [6, 6.07) is 3.86. The normalized spacial score (nSPS) is 17.3. The fourth-order valence-electron chi connectivity index (χ4n) is 4.37. The van der Waals surface area contributed by atoms with Crippen LogP contribution in [0, 0.1) is 0 Å². The zero-order valence-electron chi connectivity index (χ0n) is 19.4. The molecule has 2 aliphatic rings. The molecule has 2 aromatic heterocycles. The minimum Gasteiger partial charge on any atom is -0.390 e. The lowest BCUT2D eigenvalue weighted by Gasteiger charge is -2.31. The quantitative estimate of drug-likeness (QED) is 0.518. The highest BCUT2D eigenvalue weighted by atomic mass is 32.1. The summed E-state index contributed by atoms with van der Waals surface area (Å²) in [7, 11) is 0. The van der Waals surface area contributed by atoms with Gasteiger partial charge in [-0.3, -0.25) is 19.5 Å². The predicted octanol–water partition coefficient (Wildman–Crippen LogP) is 0.556. The number of hydrogen-bond donors (Lipinski definition) is 3. The van der Waals surface area contributed by atoms with Crippen LogP contribution in [0.1, 0.15) is 41.4 Å². The van der Waals surface area contributed by atoms with E-state index in [1.54, 1.807) is 13.0 Å². The maximum Gasteiger partial charge on any atom is 0.270 e. The number of likely N-dealkylation sites (tertiary alicyclic amines) is 1. The smallest absolute Gasteiger partial charge is 0.270 e. The third kappa shape index (κ3) is 6.87. The molecule has 3 N–H and O–H groups in total. The number of piperidine rings is 1. The topological polar surface area (TPSA) is 124 Å². The van der Waals surface area contributed by atoms with Gasteiger partial charge in [0.05, 0.1) is 6.10 Å². The highest BCUT2D eigenvalue weighted by molar-refractivity contribution is 7.59. The van der Waals surface area contributed by atoms with E-state index in [0.29, 0.717) is 25.5 Å². The van der Waals surface area contributed by atoms with Crippen LogP contribution in [-0.2, 0) is 17.8 Å². The van der Waals surface area contributed by atoms with Crippen molar-refractivity contribution in [3.63, 3.8) is 0 Å². The molecule has 1 fully saturated rings. The SMILES string of the molecule is CC(=O)N1CCC(Nc2cc(C(=O)NC[C@H](O)CN3CCc4ccncc4C3)ncn2)CC1.S. The van der Waals surface area contributed by atoms with Crippen LogP contribution in [0.2, 0.25) is 0 Å². The molecule has 0 saturated carbocycles. The largest absolute Gasteiger partial charge is 0.390 e. The Morgan fingerprint density at radius 3 is 2.76 bits per heavy atom. The molecule has 184 valence electrons. The van der Waals surface area contributed by atoms with Crippen molar-refractivity contribution in [1.82, 2.24) is 30.1 Å². The van der Waals surface area contributed by atoms with Gasteiger partial charge in [0, 0.05) is 70.7 Å². The number of carbonyl (C=O) groups is 2. The molecule has 0 unspecified atom stereocenters. The Morgan fingerprint density at radius 2 is 2.00 bits per heavy atom. The van der Waals surface area contributed by atoms with E-state index in [0.717, 1.165) is 32.4 Å². The van der Waals surface area contributed by atoms with Crippen molar-refractivity contribution < 1.29 is 14.7 Å². The van der Waals surface area contributed by atoms with Gasteiger partial charge in [-0.2, -0.15) is 13.5 Å². The summed E-state index contributed by atoms with van der Waals surface area (Å²) in [5, 5.41) is 16.5. The minimum atomic E-state index is -0.682. The molecule has 4 rings (SSSR count). The highest BCUT2D eigenvalue weighted by Gasteiger charge is 2.22. The van der Waals surface area contributed by atoms with E-state index in [4.69, 9.17) is 0 Å². The first-order chi connectivity index (χ1) is 16.0. The van der Waals surface area contributed by atoms with Gasteiger partial charge in [0.15, 0.2) is 0 Å². The summed E-state index contributed by atoms with van der Waals surface area (Å²) in [5.41, 5.74) is 2.74. The number of hydrogen-bond acceptors (Lipinski definition) is 8. The Labute approximate surface area is 206 Å². The third-order valence-electron chi connectivity index (χ3n) is 6.26. The highest BCUT2D eigenvalue weighted by Crippen LogP contribution is 2.18. The van der Waals surface area contributed by atoms with Crippen molar-refractivity contribution in [1.29, 1.82) is 0 Å². The molecule has 11 heteroatoms. The average Bonchev–Trinajstić information content (AvgIpc) is 2.83. The number of aliphatic hydroxyl groups excluding tert-OH is 1. The van der Waals surface area contributed by atoms with E-state index < -0.39 is 6.10 Å². The molecular weight excluding hydrogens is 454 g/mol. The lowest BCUT2D eigenvalue weighted by atomic mass is 10.0. The molecular formula is C23H33N7O3S. The van der Waals surface area contributed by atoms with Crippen molar-refractivity contribution in [3.05, 3.63) is 47.7 Å². The number of amides is 2. The third-order valence-corrected chi connectivity index (χ3v) is 6.26. The van der Waals surface area contributed by atoms with E-state index in [-0.39, 0.29) is 43.6 Å². The Kier molecular flexibility index (Phi) is 9.20. The second-order valence-electron chi connectivity index (χ2n) is 8.71. The predicted molar refractivity (Wildman–Crippen MR) is 133 cm³/mol. The Hall–Kier alpha value is -2.76. The van der Waals surface area contributed by atoms with Gasteiger partial charge in [-0.1, -0.05) is 0 Å². The summed E-state index contributed by atoms with van der Waals surface area (Å²) >= 11 is 0. The number of rotatable bonds is 7. The van der Waals surface area contributed by atoms with Gasteiger partial charge in [0.25, 0.3) is 5.91 Å². The van der Waals surface area contributed by atoms with Crippen LogP contribution in [0.25, 0.3) is 0 Å². The first-order valence-electron chi connectivity index (χ1n) is 11.4. The zero-order chi connectivity index (χ0) is 23.2. The van der Waals surface area contributed by atoms with Gasteiger partial charge in [0.1, 0.15) is 17.8 Å². The molecule has 1 atom stereocenters. The Morgan fingerprint density at radius 1 is 1.21 bits per heavy atom. The van der Waals surface area contributed by atoms with Crippen molar-refractivity contribution in [2.45, 2.75) is 44.9 Å². The summed E-state index contributed by atoms with van der Waals surface area (Å²) in [4.78, 5) is 40.5. The van der Waals surface area contributed by atoms with Crippen molar-refractivity contribution in [2.75, 3.05) is 38.0 Å². The Bertz CT molecular complexity index is 985. The molecule has 0 bridgehead atoms. The van der Waals surface area contributed by atoms with Gasteiger partial charge < -0.3 is 20.6 Å². The van der Waals surface area contributed by atoms with Crippen molar-refractivity contribution >= 4 is 31.1 Å². The summed E-state index contributed by atoms with van der Waals surface area (Å²) < 4.78 is 0. The van der Waals surface area contributed by atoms with E-state index in [2.05, 4.69) is 30.5 Å². The van der Waals surface area contributed by atoms with Crippen molar-refractivity contribution in [2.24, 2.45) is 0 Å². The summed E-state index contributed by atoms with van der Waals surface area (Å²) in [6.45, 7) is 5.25. The fourth-order valence-corrected chi connectivity index (χ4v) is 4.37. The zero-order valence-corrected chi connectivity index (χ0v) is 20.4. The number of carbonyl (C=O) groups excluding carboxylic acids is 2. The molecule has 0 aromatic carbocycles. The molecule has 0 spiro atoms. The summed E-state index contributed by atoms with van der Waals surface area (Å²) in [5.74, 6) is 0.329. The number of nitrogens with one attached hydrogen (secondary N) is 2. The molecule has 0 radical (unpaired) electrons. The number of aliphatic hydroxyl groups is 1. The summed E-state index contributed by atoms with van der Waals surface area (Å²) in [6.07, 6.45) is 6.95. The van der Waals surface area contributed by atoms with Crippen LogP contribution in [-0.4, -0.2) is 86.5 Å². The van der Waals surface area contributed by atoms with Gasteiger partial charge in [0.2, 0.25) is 5.91 Å². The molecule has 1 saturated heterocycles. The van der Waals surface area contributed by atoms with Crippen LogP contribution in [0.3, 0.4) is 0 Å². The number of anilines is 1. The number of nitrogens with zero attached hydrogens (tertiary/aromatic N) is 5. The van der Waals surface area contributed by atoms with Gasteiger partial charge in [-0.25, -0.2) is 9.97 Å². The maximum absolute atomic E-state index is 12.6. The maximum atomic E-state index is 12.6. The average molecular weight is 488 g/mol. The van der Waals surface area contributed by atoms with Crippen molar-refractivity contribution in [3.8, 4) is 0 Å². The van der Waals surface area contributed by atoms with E-state index in [9.17, 15) is 14.7 Å². The molecule has 0 aliphatic carbocycles. The van der Waals surface area contributed by atoms with Crippen LogP contribution >= 0.6 is 13.5 Å². The van der Waals surface area contributed by atoms with Crippen LogP contribution in [0.4, 0.5) is 5.82 Å². The van der Waals surface area contributed by atoms with Crippen LogP contribution in [0.15, 0.2) is 30.9 Å². The molecule has 2 aliphatic heterocycles. The lowest BCUT2D eigenvalue weighted by Crippen LogP contribution is -2.42. The first kappa shape index (κ1) is 25.9. The molecule has 4 heterocycles. The fraction of sp³-hybridized carbons (Fsp3) is 0.522. The lowest BCUT2D eigenvalue weighted by molar-refractivity contribution is -0.129. The number of fused-ring (bicyclic) bond motifs is 1. The monoisotopic (exact) mass is 487 g/mol. The Balaban J connectivity index is 0.00000324. The second kappa shape index (κ2) is 12.1. The van der Waals surface area contributed by atoms with Gasteiger partial charge >= 0.3 is 0 Å². The van der Waals surface area contributed by atoms with Gasteiger partial charge in [-0.05, 0) is 36.5 Å². The van der Waals surface area contributed by atoms with Crippen LogP contribution in [0.5, 0.6) is 0 Å². The van der Waals surface area contributed by atoms with E-state index in [1.807, 2.05) is 23.4 Å². The van der Waals surface area contributed by atoms with Gasteiger partial charge in [-0.15, -0.1) is 0 Å². The molecule has 2 aromatic rings. The molecule has 10 nitrogen and oxygen atoms in total. The number of aromatic nitrogens is 3. The van der Waals surface area contributed by atoms with E-state index >= 15 is 0 Å². The van der Waals surface area contributed by atoms with Crippen LogP contribution < -0.4 is 10.6 Å². The molecule has 2 amide bonds. The second-order valence-corrected chi connectivity index (χ2v) is 8.71. The molecule has 34 heavy (non-hydrogen) atoms. The standard InChI is InChI=1S/C23H31N7O3.H2S/c1-16(31)30-8-4-19(5-9-30)28-22-10-21(26-15-27-22)23(33)25-12-20(32)14-29-7-3-17-2-6-24-11-18(17)13-29;/h2,6,10-11,15,19-20,32H,3-5,7-9,12-14H2,1H3,(H,25,33)(H,26,27,28);1H2/t20-;/m0./s1.